The third-order valence-corrected chi connectivity index (χ3v) is 5.96. The minimum atomic E-state index is 0. The molecular formula is C13H24O. The molecule has 1 heteroatoms. The molecule has 2 N–H and O–H groups in total. The van der Waals surface area contributed by atoms with E-state index in [1.165, 1.54) is 12.8 Å². The normalized spacial score (nSPS) is 52.9. The van der Waals surface area contributed by atoms with E-state index in [-0.39, 0.29) is 5.48 Å². The maximum absolute atomic E-state index is 2.57. The Morgan fingerprint density at radius 3 is 1.79 bits per heavy atom. The standard InChI is InChI=1S/C13H22.H2O/c1-12(2)11-5-9-4-10(6-11)8-13(12,3)7-9;/h9-11H,4-8H2,1-3H3;1H2. The van der Waals surface area contributed by atoms with Crippen LogP contribution >= 0.6 is 0 Å². The molecule has 2 unspecified atom stereocenters. The lowest BCUT2D eigenvalue weighted by molar-refractivity contribution is -0.149. The predicted octanol–water partition coefficient (Wildman–Crippen LogP) is 3.03. The minimum Gasteiger partial charge on any atom is -0.412 e. The van der Waals surface area contributed by atoms with Crippen LogP contribution in [0.1, 0.15) is 52.9 Å². The van der Waals surface area contributed by atoms with Crippen molar-refractivity contribution >= 4 is 0 Å². The van der Waals surface area contributed by atoms with E-state index in [1.54, 1.807) is 19.3 Å². The monoisotopic (exact) mass is 196 g/mol. The van der Waals surface area contributed by atoms with E-state index >= 15 is 0 Å². The summed E-state index contributed by atoms with van der Waals surface area (Å²) >= 11 is 0. The van der Waals surface area contributed by atoms with Crippen molar-refractivity contribution in [1.82, 2.24) is 0 Å². The summed E-state index contributed by atoms with van der Waals surface area (Å²) < 4.78 is 0. The van der Waals surface area contributed by atoms with E-state index in [1.807, 2.05) is 0 Å². The highest BCUT2D eigenvalue weighted by Gasteiger charge is 2.58. The van der Waals surface area contributed by atoms with Crippen molar-refractivity contribution in [3.05, 3.63) is 0 Å². The Bertz CT molecular complexity index is 230. The van der Waals surface area contributed by atoms with Crippen molar-refractivity contribution < 1.29 is 5.48 Å². The van der Waals surface area contributed by atoms with E-state index in [4.69, 9.17) is 0 Å². The summed E-state index contributed by atoms with van der Waals surface area (Å²) in [6, 6.07) is 0. The number of hydrogen-bond acceptors (Lipinski definition) is 0. The topological polar surface area (TPSA) is 31.5 Å². The van der Waals surface area contributed by atoms with Gasteiger partial charge in [0.2, 0.25) is 0 Å². The second-order valence-corrected chi connectivity index (χ2v) is 6.83. The van der Waals surface area contributed by atoms with Gasteiger partial charge in [-0.15, -0.1) is 0 Å². The van der Waals surface area contributed by atoms with Gasteiger partial charge in [-0.3, -0.25) is 0 Å². The average molecular weight is 196 g/mol. The molecule has 4 rings (SSSR count). The van der Waals surface area contributed by atoms with Gasteiger partial charge in [0.15, 0.2) is 0 Å². The molecule has 4 saturated carbocycles. The second kappa shape index (κ2) is 2.75. The summed E-state index contributed by atoms with van der Waals surface area (Å²) in [5.41, 5.74) is 1.34. The van der Waals surface area contributed by atoms with Gasteiger partial charge in [-0.1, -0.05) is 20.8 Å². The fraction of sp³-hybridized carbons (Fsp3) is 1.00. The van der Waals surface area contributed by atoms with Gasteiger partial charge < -0.3 is 5.48 Å². The first kappa shape index (κ1) is 10.5. The van der Waals surface area contributed by atoms with Gasteiger partial charge in [0.25, 0.3) is 0 Å². The van der Waals surface area contributed by atoms with Gasteiger partial charge in [-0.25, -0.2) is 0 Å². The maximum atomic E-state index is 2.57. The highest BCUT2D eigenvalue weighted by molar-refractivity contribution is 5.08. The summed E-state index contributed by atoms with van der Waals surface area (Å²) in [5.74, 6) is 3.27. The molecule has 0 heterocycles. The molecule has 0 amide bonds. The van der Waals surface area contributed by atoms with E-state index in [0.717, 1.165) is 17.8 Å². The van der Waals surface area contributed by atoms with Crippen LogP contribution in [0.25, 0.3) is 0 Å². The maximum Gasteiger partial charge on any atom is -0.0267 e. The van der Waals surface area contributed by atoms with Crippen LogP contribution in [0, 0.1) is 28.6 Å². The molecule has 0 radical (unpaired) electrons. The zero-order valence-electron chi connectivity index (χ0n) is 9.77. The Morgan fingerprint density at radius 1 is 0.857 bits per heavy atom. The van der Waals surface area contributed by atoms with Crippen LogP contribution in [0.15, 0.2) is 0 Å². The summed E-state index contributed by atoms with van der Waals surface area (Å²) in [6.07, 6.45) is 7.75. The van der Waals surface area contributed by atoms with Crippen LogP contribution in [-0.4, -0.2) is 5.48 Å². The van der Waals surface area contributed by atoms with Crippen LogP contribution in [0.4, 0.5) is 0 Å². The van der Waals surface area contributed by atoms with E-state index in [9.17, 15) is 0 Å². The van der Waals surface area contributed by atoms with Gasteiger partial charge in [0.05, 0.1) is 0 Å². The lowest BCUT2D eigenvalue weighted by Gasteiger charge is -2.65. The third kappa shape index (κ3) is 1.05. The summed E-state index contributed by atoms with van der Waals surface area (Å²) in [6.45, 7) is 7.64. The minimum absolute atomic E-state index is 0. The first-order valence-electron chi connectivity index (χ1n) is 6.01. The zero-order valence-corrected chi connectivity index (χ0v) is 9.77. The number of rotatable bonds is 0. The molecule has 0 aromatic rings. The number of hydrogen-bond donors (Lipinski definition) is 0. The molecule has 0 aromatic heterocycles. The fourth-order valence-electron chi connectivity index (χ4n) is 4.86. The molecule has 4 fully saturated rings. The first-order chi connectivity index (χ1) is 6.01. The van der Waals surface area contributed by atoms with Gasteiger partial charge in [0.1, 0.15) is 0 Å². The average Bonchev–Trinajstić information content (AvgIpc) is 1.99. The van der Waals surface area contributed by atoms with Crippen molar-refractivity contribution in [2.75, 3.05) is 0 Å². The Labute approximate surface area is 87.6 Å². The Morgan fingerprint density at radius 2 is 1.36 bits per heavy atom. The zero-order chi connectivity index (χ0) is 9.27. The first-order valence-corrected chi connectivity index (χ1v) is 6.01. The molecule has 0 spiro atoms. The predicted molar refractivity (Wildman–Crippen MR) is 59.1 cm³/mol. The van der Waals surface area contributed by atoms with Gasteiger partial charge in [0, 0.05) is 0 Å². The van der Waals surface area contributed by atoms with Crippen molar-refractivity contribution in [1.29, 1.82) is 0 Å². The van der Waals surface area contributed by atoms with Crippen LogP contribution in [0.5, 0.6) is 0 Å². The molecule has 4 bridgehead atoms. The molecule has 82 valence electrons. The van der Waals surface area contributed by atoms with Gasteiger partial charge in [-0.05, 0) is 60.7 Å². The largest absolute Gasteiger partial charge is 0.412 e. The lowest BCUT2D eigenvalue weighted by Crippen LogP contribution is -2.56. The van der Waals surface area contributed by atoms with E-state index in [0.29, 0.717) is 10.8 Å². The van der Waals surface area contributed by atoms with Crippen LogP contribution < -0.4 is 0 Å². The quantitative estimate of drug-likeness (QED) is 0.570. The van der Waals surface area contributed by atoms with Crippen LogP contribution in [0.3, 0.4) is 0 Å². The Hall–Kier alpha value is -0.0400. The Kier molecular flexibility index (Phi) is 2.06. The van der Waals surface area contributed by atoms with Crippen molar-refractivity contribution in [2.24, 2.45) is 28.6 Å². The molecular weight excluding hydrogens is 172 g/mol. The van der Waals surface area contributed by atoms with Crippen LogP contribution in [0.2, 0.25) is 0 Å². The summed E-state index contributed by atoms with van der Waals surface area (Å²) in [4.78, 5) is 0. The van der Waals surface area contributed by atoms with E-state index in [2.05, 4.69) is 20.8 Å². The fourth-order valence-corrected chi connectivity index (χ4v) is 4.86. The van der Waals surface area contributed by atoms with Gasteiger partial charge >= 0.3 is 0 Å². The van der Waals surface area contributed by atoms with Crippen LogP contribution in [-0.2, 0) is 0 Å². The van der Waals surface area contributed by atoms with Crippen molar-refractivity contribution in [3.8, 4) is 0 Å². The van der Waals surface area contributed by atoms with Crippen molar-refractivity contribution in [2.45, 2.75) is 52.9 Å². The molecule has 4 aliphatic carbocycles. The highest BCUT2D eigenvalue weighted by Crippen LogP contribution is 2.67. The van der Waals surface area contributed by atoms with Crippen molar-refractivity contribution in [3.63, 3.8) is 0 Å². The van der Waals surface area contributed by atoms with E-state index < -0.39 is 0 Å². The lowest BCUT2D eigenvalue weighted by atomic mass is 9.40. The SMILES string of the molecule is CC12CC3CC(CC(C3)C1(C)C)C2.O. The smallest absolute Gasteiger partial charge is 0.0267 e. The highest BCUT2D eigenvalue weighted by atomic mass is 16.0. The molecule has 0 aromatic carbocycles. The molecule has 0 aliphatic heterocycles. The molecule has 0 saturated heterocycles. The second-order valence-electron chi connectivity index (χ2n) is 6.83. The molecule has 14 heavy (non-hydrogen) atoms. The molecule has 4 aliphatic rings. The summed E-state index contributed by atoms with van der Waals surface area (Å²) in [7, 11) is 0. The third-order valence-electron chi connectivity index (χ3n) is 5.96. The summed E-state index contributed by atoms with van der Waals surface area (Å²) in [5, 5.41) is 0. The molecule has 2 atom stereocenters. The molecule has 1 nitrogen and oxygen atoms in total. The van der Waals surface area contributed by atoms with Gasteiger partial charge in [-0.2, -0.15) is 0 Å². The Balaban J connectivity index is 0.000000750.